The van der Waals surface area contributed by atoms with E-state index in [4.69, 9.17) is 4.74 Å². The minimum atomic E-state index is -0.433. The van der Waals surface area contributed by atoms with Crippen molar-refractivity contribution in [2.24, 2.45) is 0 Å². The summed E-state index contributed by atoms with van der Waals surface area (Å²) in [5.74, 6) is -0.916. The zero-order chi connectivity index (χ0) is 19.2. The Labute approximate surface area is 156 Å². The molecule has 3 rings (SSSR count). The number of urea groups is 1. The van der Waals surface area contributed by atoms with Crippen molar-refractivity contribution in [2.75, 3.05) is 44.6 Å². The van der Waals surface area contributed by atoms with Gasteiger partial charge in [-0.05, 0) is 37.1 Å². The fourth-order valence-electron chi connectivity index (χ4n) is 3.05. The second kappa shape index (κ2) is 8.81. The van der Waals surface area contributed by atoms with Gasteiger partial charge in [-0.2, -0.15) is 0 Å². The molecule has 8 nitrogen and oxygen atoms in total. The van der Waals surface area contributed by atoms with Crippen LogP contribution < -0.4 is 10.6 Å². The van der Waals surface area contributed by atoms with Crippen molar-refractivity contribution in [3.05, 3.63) is 30.1 Å². The number of halogens is 1. The number of carbonyl (C=O) groups excluding carboxylic acids is 3. The number of amides is 4. The summed E-state index contributed by atoms with van der Waals surface area (Å²) >= 11 is 0. The van der Waals surface area contributed by atoms with Crippen LogP contribution in [0.1, 0.15) is 12.8 Å². The lowest BCUT2D eigenvalue weighted by Crippen LogP contribution is -2.55. The molecule has 4 amide bonds. The van der Waals surface area contributed by atoms with E-state index < -0.39 is 11.8 Å². The van der Waals surface area contributed by atoms with Gasteiger partial charge < -0.3 is 25.2 Å². The van der Waals surface area contributed by atoms with Crippen molar-refractivity contribution in [2.45, 2.75) is 18.9 Å². The van der Waals surface area contributed by atoms with Crippen LogP contribution >= 0.6 is 0 Å². The number of hydrogen-bond donors (Lipinski definition) is 2. The molecule has 2 heterocycles. The summed E-state index contributed by atoms with van der Waals surface area (Å²) < 4.78 is 18.4. The topological polar surface area (TPSA) is 91.0 Å². The Kier molecular flexibility index (Phi) is 6.23. The van der Waals surface area contributed by atoms with Gasteiger partial charge >= 0.3 is 6.03 Å². The molecule has 1 atom stereocenters. The van der Waals surface area contributed by atoms with E-state index in [2.05, 4.69) is 10.6 Å². The van der Waals surface area contributed by atoms with Crippen LogP contribution in [0.5, 0.6) is 0 Å². The largest absolute Gasteiger partial charge is 0.376 e. The first kappa shape index (κ1) is 19.1. The maximum atomic E-state index is 12.9. The normalized spacial score (nSPS) is 19.9. The highest BCUT2D eigenvalue weighted by atomic mass is 19.1. The molecule has 1 unspecified atom stereocenters. The summed E-state index contributed by atoms with van der Waals surface area (Å²) in [4.78, 5) is 39.3. The molecular formula is C18H23FN4O4. The molecular weight excluding hydrogens is 355 g/mol. The summed E-state index contributed by atoms with van der Waals surface area (Å²) in [7, 11) is 0. The van der Waals surface area contributed by atoms with Crippen LogP contribution in [0.15, 0.2) is 24.3 Å². The van der Waals surface area contributed by atoms with Gasteiger partial charge in [0, 0.05) is 31.9 Å². The van der Waals surface area contributed by atoms with Gasteiger partial charge in [0.15, 0.2) is 0 Å². The number of piperazine rings is 1. The van der Waals surface area contributed by atoms with Crippen LogP contribution in [0.2, 0.25) is 0 Å². The minimum absolute atomic E-state index is 0.0288. The van der Waals surface area contributed by atoms with E-state index in [1.807, 2.05) is 0 Å². The van der Waals surface area contributed by atoms with Crippen molar-refractivity contribution in [1.29, 1.82) is 0 Å². The zero-order valence-electron chi connectivity index (χ0n) is 14.9. The molecule has 0 bridgehead atoms. The first-order valence-corrected chi connectivity index (χ1v) is 8.99. The smallest absolute Gasteiger partial charge is 0.322 e. The number of anilines is 1. The van der Waals surface area contributed by atoms with Crippen molar-refractivity contribution >= 4 is 23.5 Å². The molecule has 2 N–H and O–H groups in total. The Balaban J connectivity index is 1.42. The minimum Gasteiger partial charge on any atom is -0.376 e. The predicted molar refractivity (Wildman–Crippen MR) is 95.6 cm³/mol. The van der Waals surface area contributed by atoms with Gasteiger partial charge in [0.05, 0.1) is 12.6 Å². The molecule has 0 saturated carbocycles. The molecule has 2 saturated heterocycles. The molecule has 27 heavy (non-hydrogen) atoms. The highest BCUT2D eigenvalue weighted by Crippen LogP contribution is 2.12. The van der Waals surface area contributed by atoms with Crippen LogP contribution in [-0.4, -0.2) is 73.1 Å². The van der Waals surface area contributed by atoms with Crippen LogP contribution in [0.3, 0.4) is 0 Å². The molecule has 0 aliphatic carbocycles. The molecule has 2 aliphatic heterocycles. The van der Waals surface area contributed by atoms with E-state index in [-0.39, 0.29) is 37.6 Å². The van der Waals surface area contributed by atoms with Gasteiger partial charge in [-0.3, -0.25) is 9.59 Å². The quantitative estimate of drug-likeness (QED) is 0.793. The molecule has 0 aromatic heterocycles. The first-order valence-electron chi connectivity index (χ1n) is 8.99. The van der Waals surface area contributed by atoms with Crippen molar-refractivity contribution in [1.82, 2.24) is 15.1 Å². The van der Waals surface area contributed by atoms with E-state index in [1.165, 1.54) is 34.1 Å². The Morgan fingerprint density at radius 1 is 1.22 bits per heavy atom. The second-order valence-corrected chi connectivity index (χ2v) is 6.61. The Morgan fingerprint density at radius 2 is 2.00 bits per heavy atom. The molecule has 2 fully saturated rings. The summed E-state index contributed by atoms with van der Waals surface area (Å²) in [5.41, 5.74) is 0.449. The summed E-state index contributed by atoms with van der Waals surface area (Å²) in [6.45, 7) is 1.64. The monoisotopic (exact) mass is 378 g/mol. The van der Waals surface area contributed by atoms with Crippen LogP contribution in [0.4, 0.5) is 14.9 Å². The lowest BCUT2D eigenvalue weighted by molar-refractivity contribution is -0.139. The van der Waals surface area contributed by atoms with Gasteiger partial charge in [-0.15, -0.1) is 0 Å². The Bertz CT molecular complexity index is 691. The number of ether oxygens (including phenoxy) is 1. The van der Waals surface area contributed by atoms with Gasteiger partial charge in [0.2, 0.25) is 11.8 Å². The summed E-state index contributed by atoms with van der Waals surface area (Å²) in [6, 6.07) is 4.95. The van der Waals surface area contributed by atoms with Crippen LogP contribution in [-0.2, 0) is 14.3 Å². The first-order chi connectivity index (χ1) is 13.0. The van der Waals surface area contributed by atoms with Gasteiger partial charge in [0.25, 0.3) is 0 Å². The van der Waals surface area contributed by atoms with E-state index in [1.54, 1.807) is 0 Å². The average Bonchev–Trinajstić information content (AvgIpc) is 3.17. The third-order valence-electron chi connectivity index (χ3n) is 4.59. The van der Waals surface area contributed by atoms with Gasteiger partial charge in [0.1, 0.15) is 12.4 Å². The van der Waals surface area contributed by atoms with E-state index in [9.17, 15) is 18.8 Å². The highest BCUT2D eigenvalue weighted by molar-refractivity contribution is 5.94. The number of carbonyl (C=O) groups is 3. The highest BCUT2D eigenvalue weighted by Gasteiger charge is 2.28. The molecule has 146 valence electrons. The third-order valence-corrected chi connectivity index (χ3v) is 4.59. The van der Waals surface area contributed by atoms with E-state index in [0.717, 1.165) is 19.4 Å². The van der Waals surface area contributed by atoms with Gasteiger partial charge in [-0.1, -0.05) is 0 Å². The summed E-state index contributed by atoms with van der Waals surface area (Å²) in [5, 5.41) is 5.41. The van der Waals surface area contributed by atoms with E-state index in [0.29, 0.717) is 18.8 Å². The van der Waals surface area contributed by atoms with Crippen LogP contribution in [0.25, 0.3) is 0 Å². The lowest BCUT2D eigenvalue weighted by Gasteiger charge is -2.34. The number of nitrogens with one attached hydrogen (secondary N) is 2. The fraction of sp³-hybridized carbons (Fsp3) is 0.500. The third kappa shape index (κ3) is 5.40. The second-order valence-electron chi connectivity index (χ2n) is 6.61. The number of rotatable bonds is 5. The lowest BCUT2D eigenvalue weighted by atomic mass is 10.2. The van der Waals surface area contributed by atoms with E-state index >= 15 is 0 Å². The maximum Gasteiger partial charge on any atom is 0.322 e. The number of hydrogen-bond acceptors (Lipinski definition) is 4. The number of nitrogens with zero attached hydrogens (tertiary/aromatic N) is 2. The van der Waals surface area contributed by atoms with Crippen molar-refractivity contribution < 1.29 is 23.5 Å². The molecule has 0 radical (unpaired) electrons. The van der Waals surface area contributed by atoms with Gasteiger partial charge in [-0.25, -0.2) is 9.18 Å². The standard InChI is InChI=1S/C18H23FN4O4/c19-13-3-5-14(6-4-13)21-18(26)23-8-7-22(17(25)12-23)11-16(24)20-10-15-2-1-9-27-15/h3-6,15H,1-2,7-12H2,(H,20,24)(H,21,26). The Hall–Kier alpha value is -2.68. The fourth-order valence-corrected chi connectivity index (χ4v) is 3.05. The zero-order valence-corrected chi connectivity index (χ0v) is 14.9. The summed E-state index contributed by atoms with van der Waals surface area (Å²) in [6.07, 6.45) is 1.99. The molecule has 0 spiro atoms. The molecule has 1 aromatic carbocycles. The predicted octanol–water partition coefficient (Wildman–Crippen LogP) is 0.797. The number of benzene rings is 1. The van der Waals surface area contributed by atoms with Crippen molar-refractivity contribution in [3.8, 4) is 0 Å². The van der Waals surface area contributed by atoms with Crippen molar-refractivity contribution in [3.63, 3.8) is 0 Å². The molecule has 2 aliphatic rings. The Morgan fingerprint density at radius 3 is 2.67 bits per heavy atom. The molecule has 1 aromatic rings. The van der Waals surface area contributed by atoms with Crippen LogP contribution in [0, 0.1) is 5.82 Å². The average molecular weight is 378 g/mol. The maximum absolute atomic E-state index is 12.9. The SMILES string of the molecule is O=C(CN1CCN(C(=O)Nc2ccc(F)cc2)CC1=O)NCC1CCCO1. The molecule has 9 heteroatoms.